The number of hydrogen-bond acceptors (Lipinski definition) is 2. The van der Waals surface area contributed by atoms with Crippen molar-refractivity contribution in [2.24, 2.45) is 0 Å². The van der Waals surface area contributed by atoms with Gasteiger partial charge >= 0.3 is 0 Å². The molecule has 0 bridgehead atoms. The van der Waals surface area contributed by atoms with Crippen molar-refractivity contribution in [3.63, 3.8) is 0 Å². The molecule has 0 N–H and O–H groups in total. The normalized spacial score (nSPS) is 16.9. The van der Waals surface area contributed by atoms with Gasteiger partial charge < -0.3 is 0 Å². The van der Waals surface area contributed by atoms with Crippen molar-refractivity contribution in [2.45, 2.75) is 32.6 Å². The number of rotatable bonds is 1. The smallest absolute Gasteiger partial charge is 0.131 e. The largest absolute Gasteiger partial charge is 0.238 e. The third-order valence-electron chi connectivity index (χ3n) is 1.94. The van der Waals surface area contributed by atoms with Crippen molar-refractivity contribution < 1.29 is 0 Å². The predicted molar refractivity (Wildman–Crippen MR) is 43.5 cm³/mol. The molecule has 0 spiro atoms. The predicted octanol–water partition coefficient (Wildman–Crippen LogP) is 1.97. The number of aromatic nitrogens is 2. The first-order valence-corrected chi connectivity index (χ1v) is 4.08. The van der Waals surface area contributed by atoms with Crippen molar-refractivity contribution >= 4 is 0 Å². The lowest BCUT2D eigenvalue weighted by molar-refractivity contribution is 0.886. The Balaban J connectivity index is 2.39. The molecule has 0 saturated heterocycles. The van der Waals surface area contributed by atoms with Gasteiger partial charge in [-0.2, -0.15) is 0 Å². The second-order valence-corrected chi connectivity index (χ2v) is 3.28. The minimum absolute atomic E-state index is 0.675. The molecule has 0 radical (unpaired) electrons. The molecule has 1 aliphatic rings. The van der Waals surface area contributed by atoms with Crippen LogP contribution in [-0.2, 0) is 0 Å². The average Bonchev–Trinajstić information content (AvgIpc) is 2.64. The van der Waals surface area contributed by atoms with Gasteiger partial charge in [-0.15, -0.1) is 0 Å². The van der Waals surface area contributed by atoms with Crippen LogP contribution in [0.2, 0.25) is 0 Å². The lowest BCUT2D eigenvalue weighted by Crippen LogP contribution is -1.96. The van der Waals surface area contributed by atoms with Crippen LogP contribution in [0.25, 0.3) is 0 Å². The van der Waals surface area contributed by atoms with Crippen LogP contribution >= 0.6 is 0 Å². The molecule has 1 heterocycles. The molecule has 0 amide bonds. The molecule has 1 aromatic rings. The highest BCUT2D eigenvalue weighted by Crippen LogP contribution is 2.37. The fourth-order valence-corrected chi connectivity index (χ4v) is 1.28. The molecule has 0 aromatic carbocycles. The maximum absolute atomic E-state index is 4.38. The van der Waals surface area contributed by atoms with Gasteiger partial charge in [-0.1, -0.05) is 0 Å². The number of nitrogens with zero attached hydrogens (tertiary/aromatic N) is 2. The SMILES string of the molecule is Cc1cc(C)nc(C2CC2)n1. The summed E-state index contributed by atoms with van der Waals surface area (Å²) < 4.78 is 0. The summed E-state index contributed by atoms with van der Waals surface area (Å²) >= 11 is 0. The van der Waals surface area contributed by atoms with Gasteiger partial charge in [0.05, 0.1) is 0 Å². The van der Waals surface area contributed by atoms with Gasteiger partial charge in [-0.05, 0) is 32.8 Å². The molecule has 2 heteroatoms. The van der Waals surface area contributed by atoms with Gasteiger partial charge in [0.2, 0.25) is 0 Å². The quantitative estimate of drug-likeness (QED) is 0.608. The molecule has 1 aromatic heterocycles. The van der Waals surface area contributed by atoms with E-state index in [1.165, 1.54) is 12.8 Å². The zero-order valence-corrected chi connectivity index (χ0v) is 6.96. The topological polar surface area (TPSA) is 25.8 Å². The maximum atomic E-state index is 4.38. The second-order valence-electron chi connectivity index (χ2n) is 3.28. The molecule has 1 aliphatic carbocycles. The minimum atomic E-state index is 0.675. The van der Waals surface area contributed by atoms with Crippen LogP contribution in [0.1, 0.15) is 36.0 Å². The van der Waals surface area contributed by atoms with E-state index in [1.54, 1.807) is 0 Å². The highest BCUT2D eigenvalue weighted by atomic mass is 14.9. The van der Waals surface area contributed by atoms with Crippen LogP contribution in [0.4, 0.5) is 0 Å². The summed E-state index contributed by atoms with van der Waals surface area (Å²) in [6.45, 7) is 4.06. The van der Waals surface area contributed by atoms with E-state index in [2.05, 4.69) is 9.97 Å². The van der Waals surface area contributed by atoms with E-state index in [-0.39, 0.29) is 0 Å². The van der Waals surface area contributed by atoms with Crippen LogP contribution in [-0.4, -0.2) is 9.97 Å². The molecular formula is C9H12N2. The summed E-state index contributed by atoms with van der Waals surface area (Å²) in [5.74, 6) is 1.73. The standard InChI is InChI=1S/C9H12N2/c1-6-5-7(2)11-9(10-6)8-3-4-8/h5,8H,3-4H2,1-2H3. The van der Waals surface area contributed by atoms with E-state index in [0.717, 1.165) is 17.2 Å². The van der Waals surface area contributed by atoms with Crippen molar-refractivity contribution in [1.29, 1.82) is 0 Å². The highest BCUT2D eigenvalue weighted by molar-refractivity contribution is 5.13. The second kappa shape index (κ2) is 2.29. The summed E-state index contributed by atoms with van der Waals surface area (Å²) in [4.78, 5) is 8.77. The van der Waals surface area contributed by atoms with Crippen LogP contribution in [0.5, 0.6) is 0 Å². The molecule has 0 atom stereocenters. The van der Waals surface area contributed by atoms with Crippen LogP contribution in [0.15, 0.2) is 6.07 Å². The van der Waals surface area contributed by atoms with Crippen molar-refractivity contribution in [3.8, 4) is 0 Å². The first kappa shape index (κ1) is 6.77. The summed E-state index contributed by atoms with van der Waals surface area (Å²) in [7, 11) is 0. The summed E-state index contributed by atoms with van der Waals surface area (Å²) in [5.41, 5.74) is 2.19. The molecule has 2 nitrogen and oxygen atoms in total. The van der Waals surface area contributed by atoms with Gasteiger partial charge in [-0.3, -0.25) is 0 Å². The van der Waals surface area contributed by atoms with E-state index < -0.39 is 0 Å². The van der Waals surface area contributed by atoms with E-state index in [0.29, 0.717) is 5.92 Å². The Bertz CT molecular complexity index is 257. The van der Waals surface area contributed by atoms with Gasteiger partial charge in [0, 0.05) is 17.3 Å². The summed E-state index contributed by atoms with van der Waals surface area (Å²) in [5, 5.41) is 0. The highest BCUT2D eigenvalue weighted by Gasteiger charge is 2.26. The molecule has 0 unspecified atom stereocenters. The molecule has 2 rings (SSSR count). The first-order valence-electron chi connectivity index (χ1n) is 4.08. The molecule has 1 saturated carbocycles. The zero-order chi connectivity index (χ0) is 7.84. The Morgan fingerprint density at radius 2 is 1.73 bits per heavy atom. The van der Waals surface area contributed by atoms with Gasteiger partial charge in [-0.25, -0.2) is 9.97 Å². The van der Waals surface area contributed by atoms with Crippen molar-refractivity contribution in [1.82, 2.24) is 9.97 Å². The molecule has 58 valence electrons. The van der Waals surface area contributed by atoms with Crippen LogP contribution in [0.3, 0.4) is 0 Å². The van der Waals surface area contributed by atoms with E-state index in [9.17, 15) is 0 Å². The van der Waals surface area contributed by atoms with Crippen molar-refractivity contribution in [3.05, 3.63) is 23.3 Å². The lowest BCUT2D eigenvalue weighted by atomic mass is 10.3. The van der Waals surface area contributed by atoms with Crippen LogP contribution < -0.4 is 0 Å². The lowest BCUT2D eigenvalue weighted by Gasteiger charge is -1.99. The van der Waals surface area contributed by atoms with E-state index in [1.807, 2.05) is 19.9 Å². The fraction of sp³-hybridized carbons (Fsp3) is 0.556. The first-order chi connectivity index (χ1) is 5.25. The Kier molecular flexibility index (Phi) is 1.41. The third kappa shape index (κ3) is 1.39. The molecule has 0 aliphatic heterocycles. The van der Waals surface area contributed by atoms with E-state index >= 15 is 0 Å². The Hall–Kier alpha value is -0.920. The van der Waals surface area contributed by atoms with Crippen LogP contribution in [0, 0.1) is 13.8 Å². The number of hydrogen-bond donors (Lipinski definition) is 0. The number of aryl methyl sites for hydroxylation is 2. The maximum Gasteiger partial charge on any atom is 0.131 e. The van der Waals surface area contributed by atoms with Crippen molar-refractivity contribution in [2.75, 3.05) is 0 Å². The minimum Gasteiger partial charge on any atom is -0.238 e. The zero-order valence-electron chi connectivity index (χ0n) is 6.96. The summed E-state index contributed by atoms with van der Waals surface area (Å²) in [6.07, 6.45) is 2.56. The molecule has 11 heavy (non-hydrogen) atoms. The average molecular weight is 148 g/mol. The Labute approximate surface area is 66.7 Å². The monoisotopic (exact) mass is 148 g/mol. The van der Waals surface area contributed by atoms with Gasteiger partial charge in [0.1, 0.15) is 5.82 Å². The molecule has 1 fully saturated rings. The Morgan fingerprint density at radius 3 is 2.18 bits per heavy atom. The fourth-order valence-electron chi connectivity index (χ4n) is 1.28. The van der Waals surface area contributed by atoms with E-state index in [4.69, 9.17) is 0 Å². The Morgan fingerprint density at radius 1 is 1.18 bits per heavy atom. The third-order valence-corrected chi connectivity index (χ3v) is 1.94. The van der Waals surface area contributed by atoms with Gasteiger partial charge in [0.15, 0.2) is 0 Å². The summed E-state index contributed by atoms with van der Waals surface area (Å²) in [6, 6.07) is 2.02. The molecular weight excluding hydrogens is 136 g/mol. The van der Waals surface area contributed by atoms with Gasteiger partial charge in [0.25, 0.3) is 0 Å².